The summed E-state index contributed by atoms with van der Waals surface area (Å²) < 4.78 is 7.75. The molecule has 2 N–H and O–H groups in total. The third kappa shape index (κ3) is 4.78. The second kappa shape index (κ2) is 9.69. The Hall–Kier alpha value is -2.96. The van der Waals surface area contributed by atoms with Crippen LogP contribution in [0.15, 0.2) is 60.9 Å². The minimum Gasteiger partial charge on any atom is -0.370 e. The number of hydrogen-bond acceptors (Lipinski definition) is 3. The summed E-state index contributed by atoms with van der Waals surface area (Å²) in [6, 6.07) is 15.9. The summed E-state index contributed by atoms with van der Waals surface area (Å²) in [5.74, 6) is -0.0894. The number of amides is 1. The number of aromatic nitrogens is 2. The lowest BCUT2D eigenvalue weighted by molar-refractivity contribution is -0.908. The van der Waals surface area contributed by atoms with Crippen molar-refractivity contribution in [3.63, 3.8) is 0 Å². The smallest absolute Gasteiger partial charge is 0.257 e. The minimum atomic E-state index is -0.0894. The van der Waals surface area contributed by atoms with Crippen LogP contribution in [0.3, 0.4) is 0 Å². The average molecular weight is 406 g/mol. The molecule has 0 spiro atoms. The summed E-state index contributed by atoms with van der Waals surface area (Å²) in [6.07, 6.45) is 4.42. The molecule has 0 radical (unpaired) electrons. The van der Waals surface area contributed by atoms with Crippen molar-refractivity contribution in [2.75, 3.05) is 38.2 Å². The molecule has 1 aromatic carbocycles. The molecule has 6 nitrogen and oxygen atoms in total. The summed E-state index contributed by atoms with van der Waals surface area (Å²) in [6.45, 7) is 7.91. The highest BCUT2D eigenvalue weighted by Gasteiger charge is 2.20. The predicted octanol–water partition coefficient (Wildman–Crippen LogP) is 2.42. The lowest BCUT2D eigenvalue weighted by atomic mass is 10.1. The highest BCUT2D eigenvalue weighted by molar-refractivity contribution is 6.06. The Morgan fingerprint density at radius 1 is 1.13 bits per heavy atom. The maximum Gasteiger partial charge on any atom is 0.257 e. The topological polar surface area (TPSA) is 60.6 Å². The standard InChI is InChI=1S/C24H28N4O2/c1-19-22(24(29)26-21-8-10-25-11-9-21)18-23(20-6-3-2-4-7-20)28(19)13-5-12-27-14-16-30-17-15-27/h2-4,6-11,18H,5,12-17H2,1H3,(H,25,26,29)/p+1. The number of nitrogens with zero attached hydrogens (tertiary/aromatic N) is 2. The van der Waals surface area contributed by atoms with E-state index in [9.17, 15) is 4.79 Å². The van der Waals surface area contributed by atoms with Crippen LogP contribution in [0.4, 0.5) is 5.69 Å². The zero-order chi connectivity index (χ0) is 20.8. The van der Waals surface area contributed by atoms with E-state index in [1.165, 1.54) is 0 Å². The second-order valence-electron chi connectivity index (χ2n) is 7.70. The molecule has 1 aliphatic heterocycles. The van der Waals surface area contributed by atoms with Gasteiger partial charge < -0.3 is 19.5 Å². The van der Waals surface area contributed by atoms with E-state index in [1.54, 1.807) is 29.4 Å². The lowest BCUT2D eigenvalue weighted by Gasteiger charge is -2.24. The van der Waals surface area contributed by atoms with Crippen LogP contribution < -0.4 is 10.2 Å². The van der Waals surface area contributed by atoms with E-state index in [0.717, 1.165) is 68.5 Å². The molecule has 0 bridgehead atoms. The van der Waals surface area contributed by atoms with Crippen LogP contribution in [0.5, 0.6) is 0 Å². The van der Waals surface area contributed by atoms with E-state index in [4.69, 9.17) is 4.74 Å². The van der Waals surface area contributed by atoms with Crippen LogP contribution in [0.25, 0.3) is 11.3 Å². The van der Waals surface area contributed by atoms with E-state index < -0.39 is 0 Å². The highest BCUT2D eigenvalue weighted by Crippen LogP contribution is 2.27. The number of hydrogen-bond donors (Lipinski definition) is 2. The second-order valence-corrected chi connectivity index (χ2v) is 7.70. The van der Waals surface area contributed by atoms with Gasteiger partial charge in [0, 0.05) is 42.4 Å². The first-order valence-electron chi connectivity index (χ1n) is 10.6. The van der Waals surface area contributed by atoms with Gasteiger partial charge in [-0.2, -0.15) is 0 Å². The van der Waals surface area contributed by atoms with Gasteiger partial charge in [0.05, 0.1) is 25.3 Å². The quantitative estimate of drug-likeness (QED) is 0.635. The van der Waals surface area contributed by atoms with Gasteiger partial charge >= 0.3 is 0 Å². The largest absolute Gasteiger partial charge is 0.370 e. The first-order chi connectivity index (χ1) is 14.7. The number of anilines is 1. The number of nitrogens with one attached hydrogen (secondary N) is 2. The zero-order valence-electron chi connectivity index (χ0n) is 17.4. The fourth-order valence-corrected chi connectivity index (χ4v) is 4.04. The van der Waals surface area contributed by atoms with Crippen molar-refractivity contribution < 1.29 is 14.4 Å². The first kappa shape index (κ1) is 20.3. The van der Waals surface area contributed by atoms with Crippen LogP contribution in [0.2, 0.25) is 0 Å². The molecule has 156 valence electrons. The molecule has 0 saturated carbocycles. The Morgan fingerprint density at radius 3 is 2.60 bits per heavy atom. The van der Waals surface area contributed by atoms with Gasteiger partial charge in [-0.05, 0) is 30.7 Å². The minimum absolute atomic E-state index is 0.0894. The van der Waals surface area contributed by atoms with E-state index >= 15 is 0 Å². The molecule has 3 heterocycles. The van der Waals surface area contributed by atoms with Gasteiger partial charge in [0.2, 0.25) is 0 Å². The van der Waals surface area contributed by atoms with Gasteiger partial charge in [0.15, 0.2) is 0 Å². The third-order valence-corrected chi connectivity index (χ3v) is 5.73. The number of quaternary nitrogens is 1. The average Bonchev–Trinajstić information content (AvgIpc) is 3.12. The van der Waals surface area contributed by atoms with Crippen LogP contribution in [0.1, 0.15) is 22.5 Å². The van der Waals surface area contributed by atoms with Crippen molar-refractivity contribution in [2.24, 2.45) is 0 Å². The van der Waals surface area contributed by atoms with Crippen molar-refractivity contribution >= 4 is 11.6 Å². The Labute approximate surface area is 177 Å². The van der Waals surface area contributed by atoms with Crippen LogP contribution in [-0.2, 0) is 11.3 Å². The van der Waals surface area contributed by atoms with Crippen molar-refractivity contribution in [2.45, 2.75) is 19.9 Å². The molecule has 6 heteroatoms. The van der Waals surface area contributed by atoms with Gasteiger partial charge in [-0.1, -0.05) is 30.3 Å². The molecule has 0 atom stereocenters. The maximum atomic E-state index is 13.0. The fraction of sp³-hybridized carbons (Fsp3) is 0.333. The number of carbonyl (C=O) groups excluding carboxylic acids is 1. The van der Waals surface area contributed by atoms with Crippen LogP contribution >= 0.6 is 0 Å². The summed E-state index contributed by atoms with van der Waals surface area (Å²) in [4.78, 5) is 18.6. The van der Waals surface area contributed by atoms with Gasteiger partial charge in [0.25, 0.3) is 5.91 Å². The van der Waals surface area contributed by atoms with Gasteiger partial charge in [-0.15, -0.1) is 0 Å². The maximum absolute atomic E-state index is 13.0. The van der Waals surface area contributed by atoms with E-state index in [0.29, 0.717) is 5.56 Å². The molecule has 30 heavy (non-hydrogen) atoms. The molecule has 1 aliphatic rings. The van der Waals surface area contributed by atoms with Crippen molar-refractivity contribution in [3.05, 3.63) is 72.2 Å². The third-order valence-electron chi connectivity index (χ3n) is 5.73. The van der Waals surface area contributed by atoms with E-state index in [2.05, 4.69) is 27.0 Å². The molecule has 1 fully saturated rings. The van der Waals surface area contributed by atoms with Crippen LogP contribution in [0, 0.1) is 6.92 Å². The van der Waals surface area contributed by atoms with Crippen molar-refractivity contribution in [1.82, 2.24) is 9.55 Å². The SMILES string of the molecule is Cc1c(C(=O)Nc2ccncc2)cc(-c2ccccc2)n1CCC[NH+]1CCOCC1. The van der Waals surface area contributed by atoms with Crippen molar-refractivity contribution in [3.8, 4) is 11.3 Å². The zero-order valence-corrected chi connectivity index (χ0v) is 17.4. The Balaban J connectivity index is 1.56. The monoisotopic (exact) mass is 405 g/mol. The number of rotatable bonds is 7. The van der Waals surface area contributed by atoms with Gasteiger partial charge in [0.1, 0.15) is 13.1 Å². The molecule has 1 saturated heterocycles. The molecule has 0 aliphatic carbocycles. The Morgan fingerprint density at radius 2 is 1.87 bits per heavy atom. The fourth-order valence-electron chi connectivity index (χ4n) is 4.04. The number of ether oxygens (including phenoxy) is 1. The normalized spacial score (nSPS) is 14.6. The molecule has 4 rings (SSSR count). The molecular weight excluding hydrogens is 376 g/mol. The van der Waals surface area contributed by atoms with Crippen LogP contribution in [-0.4, -0.2) is 48.3 Å². The van der Waals surface area contributed by atoms with E-state index in [1.807, 2.05) is 31.2 Å². The predicted molar refractivity (Wildman–Crippen MR) is 118 cm³/mol. The lowest BCUT2D eigenvalue weighted by Crippen LogP contribution is -3.14. The number of carbonyl (C=O) groups is 1. The molecular formula is C24H29N4O2+. The summed E-state index contributed by atoms with van der Waals surface area (Å²) in [7, 11) is 0. The first-order valence-corrected chi connectivity index (χ1v) is 10.6. The van der Waals surface area contributed by atoms with E-state index in [-0.39, 0.29) is 5.91 Å². The Bertz CT molecular complexity index is 964. The molecule has 3 aromatic rings. The highest BCUT2D eigenvalue weighted by atomic mass is 16.5. The molecule has 2 aromatic heterocycles. The summed E-state index contributed by atoms with van der Waals surface area (Å²) in [5.41, 5.74) is 4.67. The summed E-state index contributed by atoms with van der Waals surface area (Å²) in [5, 5.41) is 2.99. The number of morpholine rings is 1. The van der Waals surface area contributed by atoms with Crippen molar-refractivity contribution in [1.29, 1.82) is 0 Å². The molecule has 1 amide bonds. The van der Waals surface area contributed by atoms with Gasteiger partial charge in [-0.25, -0.2) is 0 Å². The summed E-state index contributed by atoms with van der Waals surface area (Å²) >= 11 is 0. The Kier molecular flexibility index (Phi) is 6.57. The van der Waals surface area contributed by atoms with Gasteiger partial charge in [-0.3, -0.25) is 9.78 Å². The number of benzene rings is 1. The molecule has 0 unspecified atom stereocenters. The number of pyridine rings is 1.